The molecule has 0 aliphatic carbocycles. The zero-order chi connectivity index (χ0) is 15.3. The van der Waals surface area contributed by atoms with Gasteiger partial charge >= 0.3 is 5.97 Å². The van der Waals surface area contributed by atoms with Gasteiger partial charge in [0.05, 0.1) is 5.92 Å². The molecule has 1 aliphatic heterocycles. The van der Waals surface area contributed by atoms with E-state index in [0.29, 0.717) is 13.0 Å². The van der Waals surface area contributed by atoms with Crippen molar-refractivity contribution < 1.29 is 14.7 Å². The van der Waals surface area contributed by atoms with Crippen LogP contribution in [0.15, 0.2) is 0 Å². The van der Waals surface area contributed by atoms with Gasteiger partial charge in [-0.25, -0.2) is 0 Å². The highest BCUT2D eigenvalue weighted by Gasteiger charge is 2.41. The van der Waals surface area contributed by atoms with Crippen molar-refractivity contribution in [2.75, 3.05) is 26.2 Å². The smallest absolute Gasteiger partial charge is 0.308 e. The summed E-state index contributed by atoms with van der Waals surface area (Å²) in [5.41, 5.74) is 0. The Bertz CT molecular complexity index is 346. The predicted octanol–water partition coefficient (Wildman–Crippen LogP) is 1.68. The van der Waals surface area contributed by atoms with Gasteiger partial charge in [0.1, 0.15) is 0 Å². The normalized spacial score (nSPS) is 27.1. The quantitative estimate of drug-likeness (QED) is 0.772. The molecule has 1 saturated heterocycles. The molecule has 5 heteroatoms. The molecule has 5 nitrogen and oxygen atoms in total. The van der Waals surface area contributed by atoms with E-state index in [2.05, 4.69) is 18.7 Å². The van der Waals surface area contributed by atoms with E-state index in [-0.39, 0.29) is 17.9 Å². The second kappa shape index (κ2) is 7.62. The highest BCUT2D eigenvalue weighted by atomic mass is 16.4. The summed E-state index contributed by atoms with van der Waals surface area (Å²) in [6.45, 7) is 11.4. The number of piperidine rings is 1. The third kappa shape index (κ3) is 3.95. The first-order valence-corrected chi connectivity index (χ1v) is 7.66. The van der Waals surface area contributed by atoms with E-state index in [1.165, 1.54) is 0 Å². The molecule has 0 aromatic heterocycles. The number of likely N-dealkylation sites (tertiary alicyclic amines) is 1. The summed E-state index contributed by atoms with van der Waals surface area (Å²) in [5, 5.41) is 9.34. The molecular weight excluding hydrogens is 256 g/mol. The molecule has 116 valence electrons. The van der Waals surface area contributed by atoms with Gasteiger partial charge in [0.2, 0.25) is 5.91 Å². The first-order valence-electron chi connectivity index (χ1n) is 7.66. The minimum atomic E-state index is -0.789. The Hall–Kier alpha value is -1.10. The van der Waals surface area contributed by atoms with Crippen molar-refractivity contribution in [3.8, 4) is 0 Å². The average Bonchev–Trinajstić information content (AvgIpc) is 2.36. The summed E-state index contributed by atoms with van der Waals surface area (Å²) in [6, 6.07) is -0.218. The van der Waals surface area contributed by atoms with Crippen LogP contribution in [0.1, 0.15) is 40.5 Å². The van der Waals surface area contributed by atoms with E-state index >= 15 is 0 Å². The molecule has 1 amide bonds. The molecular formula is C15H28N2O3. The topological polar surface area (TPSA) is 60.9 Å². The minimum Gasteiger partial charge on any atom is -0.481 e. The van der Waals surface area contributed by atoms with Crippen molar-refractivity contribution >= 4 is 11.9 Å². The van der Waals surface area contributed by atoms with Gasteiger partial charge in [-0.05, 0) is 32.4 Å². The second-order valence-electron chi connectivity index (χ2n) is 5.81. The highest BCUT2D eigenvalue weighted by molar-refractivity contribution is 5.81. The number of carbonyl (C=O) groups excluding carboxylic acids is 1. The first kappa shape index (κ1) is 17.0. The van der Waals surface area contributed by atoms with Crippen LogP contribution in [0.5, 0.6) is 0 Å². The molecule has 0 radical (unpaired) electrons. The molecule has 1 fully saturated rings. The SMILES string of the molecule is CCCN(CC)CCN1C(=O)CC(C)C(C(=O)O)C1C. The Labute approximate surface area is 121 Å². The fraction of sp³-hybridized carbons (Fsp3) is 0.867. The summed E-state index contributed by atoms with van der Waals surface area (Å²) in [7, 11) is 0. The van der Waals surface area contributed by atoms with Gasteiger partial charge in [-0.1, -0.05) is 20.8 Å². The van der Waals surface area contributed by atoms with E-state index in [1.807, 2.05) is 13.8 Å². The van der Waals surface area contributed by atoms with Gasteiger partial charge in [0.25, 0.3) is 0 Å². The molecule has 1 N–H and O–H groups in total. The molecule has 1 heterocycles. The Morgan fingerprint density at radius 3 is 2.50 bits per heavy atom. The van der Waals surface area contributed by atoms with Crippen molar-refractivity contribution in [1.29, 1.82) is 0 Å². The zero-order valence-corrected chi connectivity index (χ0v) is 13.1. The summed E-state index contributed by atoms with van der Waals surface area (Å²) in [4.78, 5) is 27.6. The van der Waals surface area contributed by atoms with Gasteiger partial charge in [-0.15, -0.1) is 0 Å². The third-order valence-electron chi connectivity index (χ3n) is 4.37. The van der Waals surface area contributed by atoms with Crippen LogP contribution in [0, 0.1) is 11.8 Å². The van der Waals surface area contributed by atoms with E-state index in [4.69, 9.17) is 0 Å². The van der Waals surface area contributed by atoms with E-state index in [9.17, 15) is 14.7 Å². The fourth-order valence-corrected chi connectivity index (χ4v) is 3.19. The number of likely N-dealkylation sites (N-methyl/N-ethyl adjacent to an activating group) is 1. The van der Waals surface area contributed by atoms with Gasteiger partial charge in [0.15, 0.2) is 0 Å². The van der Waals surface area contributed by atoms with Crippen LogP contribution in [-0.2, 0) is 9.59 Å². The Morgan fingerprint density at radius 2 is 2.00 bits per heavy atom. The average molecular weight is 284 g/mol. The number of carbonyl (C=O) groups is 2. The van der Waals surface area contributed by atoms with E-state index in [0.717, 1.165) is 26.1 Å². The zero-order valence-electron chi connectivity index (χ0n) is 13.1. The Morgan fingerprint density at radius 1 is 1.35 bits per heavy atom. The molecule has 0 spiro atoms. The number of carboxylic acid groups (broad SMARTS) is 1. The van der Waals surface area contributed by atoms with Gasteiger partial charge in [-0.2, -0.15) is 0 Å². The van der Waals surface area contributed by atoms with Gasteiger partial charge in [0, 0.05) is 25.6 Å². The number of aliphatic carboxylic acids is 1. The number of hydrogen-bond donors (Lipinski definition) is 1. The maximum atomic E-state index is 12.2. The maximum Gasteiger partial charge on any atom is 0.308 e. The van der Waals surface area contributed by atoms with Crippen LogP contribution in [-0.4, -0.2) is 59.0 Å². The lowest BCUT2D eigenvalue weighted by molar-refractivity contribution is -0.154. The number of hydrogen-bond acceptors (Lipinski definition) is 3. The van der Waals surface area contributed by atoms with E-state index in [1.54, 1.807) is 4.90 Å². The fourth-order valence-electron chi connectivity index (χ4n) is 3.19. The lowest BCUT2D eigenvalue weighted by Crippen LogP contribution is -2.54. The van der Waals surface area contributed by atoms with Crippen LogP contribution < -0.4 is 0 Å². The summed E-state index contributed by atoms with van der Waals surface area (Å²) in [5.74, 6) is -1.23. The number of carboxylic acids is 1. The largest absolute Gasteiger partial charge is 0.481 e. The predicted molar refractivity (Wildman–Crippen MR) is 78.5 cm³/mol. The molecule has 0 saturated carbocycles. The van der Waals surface area contributed by atoms with Crippen LogP contribution in [0.2, 0.25) is 0 Å². The lowest BCUT2D eigenvalue weighted by Gasteiger charge is -2.41. The second-order valence-corrected chi connectivity index (χ2v) is 5.81. The number of nitrogens with zero attached hydrogens (tertiary/aromatic N) is 2. The van der Waals surface area contributed by atoms with Crippen LogP contribution in [0.25, 0.3) is 0 Å². The minimum absolute atomic E-state index is 0.0795. The first-order chi connectivity index (χ1) is 9.42. The van der Waals surface area contributed by atoms with Crippen molar-refractivity contribution in [2.24, 2.45) is 11.8 Å². The van der Waals surface area contributed by atoms with Crippen LogP contribution in [0.3, 0.4) is 0 Å². The van der Waals surface area contributed by atoms with Crippen molar-refractivity contribution in [3.63, 3.8) is 0 Å². The summed E-state index contributed by atoms with van der Waals surface area (Å²) >= 11 is 0. The molecule has 1 aliphatic rings. The summed E-state index contributed by atoms with van der Waals surface area (Å²) in [6.07, 6.45) is 1.44. The van der Waals surface area contributed by atoms with Gasteiger partial charge < -0.3 is 14.9 Å². The van der Waals surface area contributed by atoms with Crippen molar-refractivity contribution in [1.82, 2.24) is 9.80 Å². The lowest BCUT2D eigenvalue weighted by atomic mass is 9.81. The van der Waals surface area contributed by atoms with Crippen LogP contribution >= 0.6 is 0 Å². The highest BCUT2D eigenvalue weighted by Crippen LogP contribution is 2.29. The Kier molecular flexibility index (Phi) is 6.46. The van der Waals surface area contributed by atoms with Crippen molar-refractivity contribution in [2.45, 2.75) is 46.6 Å². The molecule has 0 aromatic carbocycles. The number of amides is 1. The van der Waals surface area contributed by atoms with E-state index < -0.39 is 11.9 Å². The molecule has 3 atom stereocenters. The molecule has 0 aromatic rings. The Balaban J connectivity index is 2.67. The standard InChI is InChI=1S/C15H28N2O3/c1-5-7-16(6-2)8-9-17-12(4)14(15(19)20)11(3)10-13(17)18/h11-12,14H,5-10H2,1-4H3,(H,19,20). The molecule has 20 heavy (non-hydrogen) atoms. The van der Waals surface area contributed by atoms with Crippen molar-refractivity contribution in [3.05, 3.63) is 0 Å². The molecule has 3 unspecified atom stereocenters. The molecule has 1 rings (SSSR count). The number of rotatable bonds is 7. The monoisotopic (exact) mass is 284 g/mol. The molecule has 0 bridgehead atoms. The summed E-state index contributed by atoms with van der Waals surface area (Å²) < 4.78 is 0. The third-order valence-corrected chi connectivity index (χ3v) is 4.37. The van der Waals surface area contributed by atoms with Crippen LogP contribution in [0.4, 0.5) is 0 Å². The maximum absolute atomic E-state index is 12.2. The van der Waals surface area contributed by atoms with Gasteiger partial charge in [-0.3, -0.25) is 9.59 Å².